The summed E-state index contributed by atoms with van der Waals surface area (Å²) in [6.07, 6.45) is 6.65. The Hall–Kier alpha value is -2.34. The number of aliphatic imine (C=N–C) groups is 1. The fraction of sp³-hybridized carbons (Fsp3) is 0.500. The van der Waals surface area contributed by atoms with Gasteiger partial charge in [-0.1, -0.05) is 50.1 Å². The summed E-state index contributed by atoms with van der Waals surface area (Å²) >= 11 is 0. The zero-order chi connectivity index (χ0) is 19.1. The molecule has 1 fully saturated rings. The van der Waals surface area contributed by atoms with Crippen molar-refractivity contribution in [2.75, 3.05) is 18.0 Å². The number of hydrogen-bond acceptors (Lipinski definition) is 3. The number of nitrogens with zero attached hydrogens (tertiary/aromatic N) is 4. The third kappa shape index (κ3) is 3.54. The molecule has 2 amide bonds. The number of rotatable bonds is 5. The Morgan fingerprint density at radius 3 is 2.66 bits per heavy atom. The number of amides is 2. The van der Waals surface area contributed by atoms with Crippen LogP contribution in [-0.2, 0) is 6.42 Å². The molecule has 1 aromatic carbocycles. The number of imidazole rings is 1. The average molecular weight is 414 g/mol. The maximum absolute atomic E-state index is 13.2. The first-order valence-electron chi connectivity index (χ1n) is 10.6. The lowest BCUT2D eigenvalue weighted by molar-refractivity contribution is 0.226. The predicted molar refractivity (Wildman–Crippen MR) is 117 cm³/mol. The first-order valence-corrected chi connectivity index (χ1v) is 10.6. The molecule has 0 bridgehead atoms. The smallest absolute Gasteiger partial charge is 0.331 e. The Balaban J connectivity index is 0.00000205. The van der Waals surface area contributed by atoms with Crippen molar-refractivity contribution >= 4 is 30.1 Å². The molecule has 0 radical (unpaired) electrons. The maximum atomic E-state index is 13.2. The molecule has 1 aliphatic carbocycles. The number of urea groups is 1. The third-order valence-corrected chi connectivity index (χ3v) is 6.10. The molecule has 29 heavy (non-hydrogen) atoms. The molecule has 6 nitrogen and oxygen atoms in total. The summed E-state index contributed by atoms with van der Waals surface area (Å²) in [6, 6.07) is 10.5. The van der Waals surface area contributed by atoms with Crippen molar-refractivity contribution in [2.24, 2.45) is 4.99 Å². The number of anilines is 1. The van der Waals surface area contributed by atoms with E-state index in [1.165, 1.54) is 31.2 Å². The number of carbonyl (C=O) groups is 1. The molecule has 5 rings (SSSR count). The zero-order valence-corrected chi connectivity index (χ0v) is 17.6. The second kappa shape index (κ2) is 8.19. The Morgan fingerprint density at radius 1 is 1.17 bits per heavy atom. The number of fused-ring (bicyclic) bond motifs is 3. The van der Waals surface area contributed by atoms with Gasteiger partial charge in [-0.2, -0.15) is 0 Å². The van der Waals surface area contributed by atoms with E-state index in [-0.39, 0.29) is 24.5 Å². The van der Waals surface area contributed by atoms with Crippen molar-refractivity contribution in [1.29, 1.82) is 0 Å². The molecule has 2 aliphatic heterocycles. The quantitative estimate of drug-likeness (QED) is 0.783. The lowest BCUT2D eigenvalue weighted by Gasteiger charge is -2.32. The minimum atomic E-state index is 0. The SMILES string of the molecule is CCCN1C(=O)N2C[C@H](Cc3ccccc3)N=C2c2[nH]c(C3CCCC3)nc21.Cl. The van der Waals surface area contributed by atoms with Crippen LogP contribution in [0.15, 0.2) is 35.3 Å². The van der Waals surface area contributed by atoms with Crippen molar-refractivity contribution in [1.82, 2.24) is 14.9 Å². The van der Waals surface area contributed by atoms with E-state index in [0.29, 0.717) is 19.0 Å². The van der Waals surface area contributed by atoms with Gasteiger partial charge < -0.3 is 4.98 Å². The van der Waals surface area contributed by atoms with Gasteiger partial charge in [0, 0.05) is 12.5 Å². The van der Waals surface area contributed by atoms with Crippen LogP contribution in [0.1, 0.15) is 62.0 Å². The van der Waals surface area contributed by atoms with Gasteiger partial charge in [-0.25, -0.2) is 9.78 Å². The highest BCUT2D eigenvalue weighted by Gasteiger charge is 2.42. The Kier molecular flexibility index (Phi) is 5.63. The first-order chi connectivity index (χ1) is 13.7. The van der Waals surface area contributed by atoms with Crippen molar-refractivity contribution in [3.8, 4) is 0 Å². The van der Waals surface area contributed by atoms with Crippen LogP contribution in [0.3, 0.4) is 0 Å². The summed E-state index contributed by atoms with van der Waals surface area (Å²) in [4.78, 5) is 30.3. The van der Waals surface area contributed by atoms with E-state index >= 15 is 0 Å². The molecular weight excluding hydrogens is 386 g/mol. The van der Waals surface area contributed by atoms with E-state index in [9.17, 15) is 4.79 Å². The highest BCUT2D eigenvalue weighted by molar-refractivity contribution is 6.18. The Bertz CT molecular complexity index is 903. The number of nitrogens with one attached hydrogen (secondary N) is 1. The van der Waals surface area contributed by atoms with Crippen LogP contribution in [0.4, 0.5) is 10.6 Å². The molecule has 2 aromatic rings. The average Bonchev–Trinajstić information content (AvgIpc) is 3.44. The van der Waals surface area contributed by atoms with Crippen molar-refractivity contribution < 1.29 is 4.79 Å². The number of carbonyl (C=O) groups excluding carboxylic acids is 1. The van der Waals surface area contributed by atoms with Crippen LogP contribution < -0.4 is 4.90 Å². The number of halogens is 1. The highest BCUT2D eigenvalue weighted by Crippen LogP contribution is 2.37. The van der Waals surface area contributed by atoms with E-state index in [2.05, 4.69) is 36.2 Å². The topological polar surface area (TPSA) is 64.6 Å². The number of amidine groups is 1. The van der Waals surface area contributed by atoms with Gasteiger partial charge in [0.25, 0.3) is 0 Å². The molecular formula is C22H28ClN5O. The number of hydrogen-bond donors (Lipinski definition) is 1. The lowest BCUT2D eigenvalue weighted by atomic mass is 10.1. The fourth-order valence-electron chi connectivity index (χ4n) is 4.73. The van der Waals surface area contributed by atoms with Gasteiger partial charge in [0.05, 0.1) is 12.6 Å². The summed E-state index contributed by atoms with van der Waals surface area (Å²) in [5, 5.41) is 0. The van der Waals surface area contributed by atoms with Gasteiger partial charge in [0.2, 0.25) is 0 Å². The standard InChI is InChI=1S/C22H27N5O.ClH/c1-2-12-26-21-18(24-19(25-21)16-10-6-7-11-16)20-23-17(14-27(20)22(26)28)13-15-8-4-3-5-9-15;/h3-5,8-9,16-17H,2,6-7,10-14H2,1H3,(H,24,25);1H/t17-;/m0./s1. The molecule has 1 N–H and O–H groups in total. The highest BCUT2D eigenvalue weighted by atomic mass is 35.5. The Morgan fingerprint density at radius 2 is 1.93 bits per heavy atom. The fourth-order valence-corrected chi connectivity index (χ4v) is 4.73. The van der Waals surface area contributed by atoms with Gasteiger partial charge in [0.15, 0.2) is 11.7 Å². The molecule has 1 aromatic heterocycles. The summed E-state index contributed by atoms with van der Waals surface area (Å²) < 4.78 is 0. The summed E-state index contributed by atoms with van der Waals surface area (Å²) in [5.74, 6) is 3.08. The molecule has 154 valence electrons. The van der Waals surface area contributed by atoms with Gasteiger partial charge in [0.1, 0.15) is 11.5 Å². The Labute approximate surface area is 177 Å². The van der Waals surface area contributed by atoms with E-state index in [1.807, 2.05) is 15.9 Å². The monoisotopic (exact) mass is 413 g/mol. The molecule has 3 heterocycles. The number of H-pyrrole nitrogens is 1. The van der Waals surface area contributed by atoms with Crippen molar-refractivity contribution in [3.05, 3.63) is 47.4 Å². The summed E-state index contributed by atoms with van der Waals surface area (Å²) in [5.41, 5.74) is 2.19. The minimum absolute atomic E-state index is 0. The van der Waals surface area contributed by atoms with Crippen LogP contribution >= 0.6 is 12.4 Å². The molecule has 1 atom stereocenters. The van der Waals surface area contributed by atoms with Crippen molar-refractivity contribution in [2.45, 2.75) is 57.4 Å². The summed E-state index contributed by atoms with van der Waals surface area (Å²) in [7, 11) is 0. The molecule has 0 spiro atoms. The van der Waals surface area contributed by atoms with Gasteiger partial charge in [-0.15, -0.1) is 12.4 Å². The molecule has 3 aliphatic rings. The second-order valence-electron chi connectivity index (χ2n) is 8.14. The van der Waals surface area contributed by atoms with Crippen molar-refractivity contribution in [3.63, 3.8) is 0 Å². The van der Waals surface area contributed by atoms with E-state index in [4.69, 9.17) is 9.98 Å². The molecule has 7 heteroatoms. The molecule has 0 unspecified atom stereocenters. The van der Waals surface area contributed by atoms with Crippen LogP contribution in [0.5, 0.6) is 0 Å². The normalized spacial score (nSPS) is 21.1. The first kappa shape index (κ1) is 20.0. The van der Waals surface area contributed by atoms with Gasteiger partial charge in [-0.3, -0.25) is 14.8 Å². The number of aromatic nitrogens is 2. The predicted octanol–water partition coefficient (Wildman–Crippen LogP) is 4.51. The molecule has 0 saturated heterocycles. The minimum Gasteiger partial charge on any atom is -0.337 e. The van der Waals surface area contributed by atoms with E-state index in [0.717, 1.165) is 36.0 Å². The number of benzene rings is 1. The lowest BCUT2D eigenvalue weighted by Crippen LogP contribution is -2.50. The third-order valence-electron chi connectivity index (χ3n) is 6.10. The van der Waals surface area contributed by atoms with Crippen LogP contribution in [0.25, 0.3) is 0 Å². The van der Waals surface area contributed by atoms with E-state index < -0.39 is 0 Å². The second-order valence-corrected chi connectivity index (χ2v) is 8.14. The van der Waals surface area contributed by atoms with Gasteiger partial charge >= 0.3 is 6.03 Å². The summed E-state index contributed by atoms with van der Waals surface area (Å²) in [6.45, 7) is 3.43. The number of aromatic amines is 1. The van der Waals surface area contributed by atoms with E-state index in [1.54, 1.807) is 0 Å². The van der Waals surface area contributed by atoms with Gasteiger partial charge in [-0.05, 0) is 31.2 Å². The zero-order valence-electron chi connectivity index (χ0n) is 16.8. The van der Waals surface area contributed by atoms with Crippen LogP contribution in [-0.4, -0.2) is 45.9 Å². The van der Waals surface area contributed by atoms with Crippen LogP contribution in [0, 0.1) is 0 Å². The van der Waals surface area contributed by atoms with Crippen LogP contribution in [0.2, 0.25) is 0 Å². The maximum Gasteiger partial charge on any atom is 0.331 e. The molecule has 1 saturated carbocycles. The largest absolute Gasteiger partial charge is 0.337 e.